The zero-order valence-electron chi connectivity index (χ0n) is 9.13. The summed E-state index contributed by atoms with van der Waals surface area (Å²) >= 11 is 0. The molecule has 2 unspecified atom stereocenters. The highest BCUT2D eigenvalue weighted by atomic mass is 15.2. The number of nitrogens with zero attached hydrogens (tertiary/aromatic N) is 1. The molecule has 0 saturated carbocycles. The van der Waals surface area contributed by atoms with E-state index in [0.29, 0.717) is 6.04 Å². The number of nitrogens with two attached hydrogens (primary N) is 1. The third-order valence-electron chi connectivity index (χ3n) is 2.89. The molecule has 0 aromatic heterocycles. The molecule has 1 fully saturated rings. The van der Waals surface area contributed by atoms with Crippen LogP contribution in [0.25, 0.3) is 0 Å². The standard InChI is InChI=1S/C11H24N2/c1-3-6-11-7-4-5-8-13(11)9-10(2)12/h10-11H,3-9,12H2,1-2H3. The molecule has 13 heavy (non-hydrogen) atoms. The minimum Gasteiger partial charge on any atom is -0.327 e. The van der Waals surface area contributed by atoms with Gasteiger partial charge in [0, 0.05) is 18.6 Å². The Morgan fingerprint density at radius 1 is 1.46 bits per heavy atom. The Bertz CT molecular complexity index is 132. The molecule has 0 spiro atoms. The van der Waals surface area contributed by atoms with E-state index in [0.717, 1.165) is 12.6 Å². The van der Waals surface area contributed by atoms with Crippen LogP contribution in [0.3, 0.4) is 0 Å². The van der Waals surface area contributed by atoms with Crippen LogP contribution in [0.1, 0.15) is 46.0 Å². The predicted molar refractivity (Wildman–Crippen MR) is 57.8 cm³/mol. The van der Waals surface area contributed by atoms with Gasteiger partial charge in [-0.2, -0.15) is 0 Å². The topological polar surface area (TPSA) is 29.3 Å². The molecule has 1 heterocycles. The molecule has 2 heteroatoms. The Hall–Kier alpha value is -0.0800. The van der Waals surface area contributed by atoms with Crippen LogP contribution in [0, 0.1) is 0 Å². The third kappa shape index (κ3) is 3.65. The van der Waals surface area contributed by atoms with Crippen molar-refractivity contribution in [1.29, 1.82) is 0 Å². The lowest BCUT2D eigenvalue weighted by Crippen LogP contribution is -2.45. The van der Waals surface area contributed by atoms with Crippen molar-refractivity contribution in [2.24, 2.45) is 5.73 Å². The summed E-state index contributed by atoms with van der Waals surface area (Å²) in [6.45, 7) is 6.74. The van der Waals surface area contributed by atoms with E-state index in [1.807, 2.05) is 0 Å². The van der Waals surface area contributed by atoms with Crippen molar-refractivity contribution in [3.63, 3.8) is 0 Å². The van der Waals surface area contributed by atoms with E-state index in [4.69, 9.17) is 5.73 Å². The van der Waals surface area contributed by atoms with Crippen LogP contribution >= 0.6 is 0 Å². The molecule has 78 valence electrons. The van der Waals surface area contributed by atoms with Gasteiger partial charge in [0.05, 0.1) is 0 Å². The average molecular weight is 184 g/mol. The highest BCUT2D eigenvalue weighted by Crippen LogP contribution is 2.20. The van der Waals surface area contributed by atoms with Crippen molar-refractivity contribution in [2.45, 2.75) is 58.0 Å². The minimum absolute atomic E-state index is 0.331. The summed E-state index contributed by atoms with van der Waals surface area (Å²) in [7, 11) is 0. The zero-order chi connectivity index (χ0) is 9.68. The van der Waals surface area contributed by atoms with Gasteiger partial charge in [-0.3, -0.25) is 4.90 Å². The molecular formula is C11H24N2. The van der Waals surface area contributed by atoms with Gasteiger partial charge in [0.25, 0.3) is 0 Å². The first-order valence-electron chi connectivity index (χ1n) is 5.73. The fraction of sp³-hybridized carbons (Fsp3) is 1.00. The van der Waals surface area contributed by atoms with E-state index in [1.54, 1.807) is 0 Å². The summed E-state index contributed by atoms with van der Waals surface area (Å²) in [5.74, 6) is 0. The van der Waals surface area contributed by atoms with Crippen LogP contribution in [0.5, 0.6) is 0 Å². The molecule has 1 aliphatic rings. The molecule has 0 aliphatic carbocycles. The second kappa shape index (κ2) is 5.61. The molecule has 2 N–H and O–H groups in total. The Balaban J connectivity index is 2.36. The number of hydrogen-bond donors (Lipinski definition) is 1. The molecule has 2 nitrogen and oxygen atoms in total. The monoisotopic (exact) mass is 184 g/mol. The first-order valence-corrected chi connectivity index (χ1v) is 5.73. The highest BCUT2D eigenvalue weighted by Gasteiger charge is 2.21. The van der Waals surface area contributed by atoms with Crippen molar-refractivity contribution in [3.05, 3.63) is 0 Å². The first-order chi connectivity index (χ1) is 6.24. The maximum absolute atomic E-state index is 5.84. The normalized spacial score (nSPS) is 27.5. The summed E-state index contributed by atoms with van der Waals surface area (Å²) < 4.78 is 0. The molecule has 0 aromatic rings. The van der Waals surface area contributed by atoms with E-state index in [1.165, 1.54) is 38.6 Å². The van der Waals surface area contributed by atoms with Gasteiger partial charge in [-0.25, -0.2) is 0 Å². The van der Waals surface area contributed by atoms with Crippen LogP contribution < -0.4 is 5.73 Å². The summed E-state index contributed by atoms with van der Waals surface area (Å²) in [5.41, 5.74) is 5.84. The number of hydrogen-bond acceptors (Lipinski definition) is 2. The average Bonchev–Trinajstić information content (AvgIpc) is 2.08. The molecule has 0 bridgehead atoms. The van der Waals surface area contributed by atoms with Crippen LogP contribution in [-0.2, 0) is 0 Å². The molecule has 0 radical (unpaired) electrons. The van der Waals surface area contributed by atoms with E-state index in [9.17, 15) is 0 Å². The van der Waals surface area contributed by atoms with E-state index < -0.39 is 0 Å². The van der Waals surface area contributed by atoms with Gasteiger partial charge in [-0.15, -0.1) is 0 Å². The van der Waals surface area contributed by atoms with Gasteiger partial charge >= 0.3 is 0 Å². The highest BCUT2D eigenvalue weighted by molar-refractivity contribution is 4.78. The number of piperidine rings is 1. The smallest absolute Gasteiger partial charge is 0.0139 e. The lowest BCUT2D eigenvalue weighted by atomic mass is 9.98. The van der Waals surface area contributed by atoms with Gasteiger partial charge in [0.15, 0.2) is 0 Å². The van der Waals surface area contributed by atoms with Crippen molar-refractivity contribution in [1.82, 2.24) is 4.90 Å². The van der Waals surface area contributed by atoms with Crippen molar-refractivity contribution < 1.29 is 0 Å². The molecule has 0 amide bonds. The van der Waals surface area contributed by atoms with Crippen molar-refractivity contribution in [2.75, 3.05) is 13.1 Å². The Morgan fingerprint density at radius 2 is 2.23 bits per heavy atom. The summed E-state index contributed by atoms with van der Waals surface area (Å²) in [6, 6.07) is 1.15. The molecular weight excluding hydrogens is 160 g/mol. The van der Waals surface area contributed by atoms with Crippen LogP contribution in [0.15, 0.2) is 0 Å². The zero-order valence-corrected chi connectivity index (χ0v) is 9.13. The minimum atomic E-state index is 0.331. The lowest BCUT2D eigenvalue weighted by Gasteiger charge is -2.36. The Morgan fingerprint density at radius 3 is 2.85 bits per heavy atom. The molecule has 0 aromatic carbocycles. The summed E-state index contributed by atoms with van der Waals surface area (Å²) in [6.07, 6.45) is 6.83. The molecule has 2 atom stereocenters. The van der Waals surface area contributed by atoms with Gasteiger partial charge in [0.1, 0.15) is 0 Å². The summed E-state index contributed by atoms with van der Waals surface area (Å²) in [4.78, 5) is 2.59. The molecule has 1 rings (SSSR count). The van der Waals surface area contributed by atoms with Crippen LogP contribution in [-0.4, -0.2) is 30.1 Å². The number of rotatable bonds is 4. The lowest BCUT2D eigenvalue weighted by molar-refractivity contribution is 0.133. The quantitative estimate of drug-likeness (QED) is 0.724. The van der Waals surface area contributed by atoms with Gasteiger partial charge in [0.2, 0.25) is 0 Å². The fourth-order valence-electron chi connectivity index (χ4n) is 2.33. The maximum Gasteiger partial charge on any atom is 0.0139 e. The third-order valence-corrected chi connectivity index (χ3v) is 2.89. The van der Waals surface area contributed by atoms with Crippen LogP contribution in [0.2, 0.25) is 0 Å². The van der Waals surface area contributed by atoms with Gasteiger partial charge < -0.3 is 5.73 Å². The largest absolute Gasteiger partial charge is 0.327 e. The van der Waals surface area contributed by atoms with E-state index >= 15 is 0 Å². The second-order valence-electron chi connectivity index (χ2n) is 4.41. The maximum atomic E-state index is 5.84. The SMILES string of the molecule is CCCC1CCCCN1CC(C)N. The van der Waals surface area contributed by atoms with E-state index in [2.05, 4.69) is 18.7 Å². The predicted octanol–water partition coefficient (Wildman–Crippen LogP) is 1.99. The van der Waals surface area contributed by atoms with Crippen molar-refractivity contribution >= 4 is 0 Å². The van der Waals surface area contributed by atoms with Crippen molar-refractivity contribution in [3.8, 4) is 0 Å². The van der Waals surface area contributed by atoms with Gasteiger partial charge in [-0.1, -0.05) is 19.8 Å². The first kappa shape index (κ1) is 11.0. The van der Waals surface area contributed by atoms with E-state index in [-0.39, 0.29) is 0 Å². The van der Waals surface area contributed by atoms with Gasteiger partial charge in [-0.05, 0) is 32.7 Å². The van der Waals surface area contributed by atoms with Crippen LogP contribution in [0.4, 0.5) is 0 Å². The molecule has 1 aliphatic heterocycles. The second-order valence-corrected chi connectivity index (χ2v) is 4.41. The number of likely N-dealkylation sites (tertiary alicyclic amines) is 1. The Kier molecular flexibility index (Phi) is 4.74. The Labute approximate surface area is 82.5 Å². The molecule has 1 saturated heterocycles. The fourth-order valence-corrected chi connectivity index (χ4v) is 2.33. The summed E-state index contributed by atoms with van der Waals surface area (Å²) in [5, 5.41) is 0.